The highest BCUT2D eigenvalue weighted by atomic mass is 16.5. The van der Waals surface area contributed by atoms with Crippen molar-refractivity contribution in [3.8, 4) is 0 Å². The zero-order valence-corrected chi connectivity index (χ0v) is 19.6. The van der Waals surface area contributed by atoms with Crippen molar-refractivity contribution in [2.24, 2.45) is 11.8 Å². The van der Waals surface area contributed by atoms with Crippen LogP contribution in [-0.4, -0.2) is 50.1 Å². The van der Waals surface area contributed by atoms with E-state index in [1.54, 1.807) is 13.8 Å². The predicted molar refractivity (Wildman–Crippen MR) is 127 cm³/mol. The molecule has 0 aliphatic carbocycles. The van der Waals surface area contributed by atoms with Gasteiger partial charge in [0.15, 0.2) is 0 Å². The van der Waals surface area contributed by atoms with E-state index in [-0.39, 0.29) is 39.1 Å². The number of benzene rings is 2. The molecule has 0 saturated carbocycles. The number of ether oxygens (including phenoxy) is 2. The van der Waals surface area contributed by atoms with Gasteiger partial charge in [-0.2, -0.15) is 0 Å². The fourth-order valence-corrected chi connectivity index (χ4v) is 3.37. The molecule has 0 aliphatic heterocycles. The van der Waals surface area contributed by atoms with Gasteiger partial charge in [-0.15, -0.1) is 0 Å². The third-order valence-corrected chi connectivity index (χ3v) is 5.06. The fourth-order valence-electron chi connectivity index (χ4n) is 3.37. The third kappa shape index (κ3) is 8.69. The van der Waals surface area contributed by atoms with Gasteiger partial charge in [-0.1, -0.05) is 60.7 Å². The fraction of sp³-hybridized carbons (Fsp3) is 0.385. The van der Waals surface area contributed by atoms with Gasteiger partial charge in [-0.3, -0.25) is 19.2 Å². The van der Waals surface area contributed by atoms with E-state index in [0.29, 0.717) is 0 Å². The molecule has 2 aromatic carbocycles. The summed E-state index contributed by atoms with van der Waals surface area (Å²) in [6, 6.07) is 18.4. The van der Waals surface area contributed by atoms with E-state index in [2.05, 4.69) is 10.6 Å². The Hall–Kier alpha value is -3.68. The summed E-state index contributed by atoms with van der Waals surface area (Å²) in [4.78, 5) is 50.0. The van der Waals surface area contributed by atoms with Gasteiger partial charge in [0.25, 0.3) is 0 Å². The molecule has 8 heteroatoms. The zero-order chi connectivity index (χ0) is 24.8. The lowest BCUT2D eigenvalue weighted by Crippen LogP contribution is -2.43. The van der Waals surface area contributed by atoms with Gasteiger partial charge >= 0.3 is 11.9 Å². The number of amides is 2. The van der Waals surface area contributed by atoms with Crippen LogP contribution in [0.3, 0.4) is 0 Å². The molecule has 0 aromatic heterocycles. The lowest BCUT2D eigenvalue weighted by Gasteiger charge is -2.17. The largest absolute Gasteiger partial charge is 0.465 e. The van der Waals surface area contributed by atoms with E-state index in [0.717, 1.165) is 11.1 Å². The Morgan fingerprint density at radius 2 is 1.00 bits per heavy atom. The van der Waals surface area contributed by atoms with E-state index >= 15 is 0 Å². The normalized spacial score (nSPS) is 12.2. The summed E-state index contributed by atoms with van der Waals surface area (Å²) in [5.41, 5.74) is 1.67. The van der Waals surface area contributed by atoms with Crippen LogP contribution in [-0.2, 0) is 41.5 Å². The van der Waals surface area contributed by atoms with Gasteiger partial charge < -0.3 is 20.1 Å². The number of esters is 2. The minimum absolute atomic E-state index is 0.0934. The second-order valence-corrected chi connectivity index (χ2v) is 7.57. The maximum atomic E-state index is 12.7. The molecular formula is C26H32N2O6. The van der Waals surface area contributed by atoms with Crippen molar-refractivity contribution in [3.63, 3.8) is 0 Å². The summed E-state index contributed by atoms with van der Waals surface area (Å²) in [5.74, 6) is -4.16. The highest BCUT2D eigenvalue weighted by Gasteiger charge is 2.29. The standard InChI is InChI=1S/C26H32N2O6/c1-3-33-25(31)21(17-19-11-7-5-8-12-19)23(29)27-15-16-28-24(30)22(26(32)34-4-2)18-20-13-9-6-10-14-20/h5-14,21-22H,3-4,15-18H2,1-2H3,(H,27,29)(H,28,30). The molecule has 0 bridgehead atoms. The van der Waals surface area contributed by atoms with Crippen LogP contribution in [0.15, 0.2) is 60.7 Å². The lowest BCUT2D eigenvalue weighted by atomic mass is 9.98. The van der Waals surface area contributed by atoms with Crippen LogP contribution in [0.1, 0.15) is 25.0 Å². The Bertz CT molecular complexity index is 855. The molecule has 2 amide bonds. The summed E-state index contributed by atoms with van der Waals surface area (Å²) >= 11 is 0. The average molecular weight is 469 g/mol. The molecule has 8 nitrogen and oxygen atoms in total. The molecule has 0 saturated heterocycles. The van der Waals surface area contributed by atoms with Crippen LogP contribution in [0, 0.1) is 11.8 Å². The SMILES string of the molecule is CCOC(=O)C(Cc1ccccc1)C(=O)NCCNC(=O)C(Cc1ccccc1)C(=O)OCC. The molecule has 2 N–H and O–H groups in total. The molecule has 0 spiro atoms. The average Bonchev–Trinajstić information content (AvgIpc) is 2.85. The first-order chi connectivity index (χ1) is 16.5. The highest BCUT2D eigenvalue weighted by molar-refractivity contribution is 5.99. The van der Waals surface area contributed by atoms with Crippen molar-refractivity contribution in [2.75, 3.05) is 26.3 Å². The number of hydrogen-bond donors (Lipinski definition) is 2. The van der Waals surface area contributed by atoms with Crippen molar-refractivity contribution in [1.29, 1.82) is 0 Å². The second-order valence-electron chi connectivity index (χ2n) is 7.57. The number of nitrogens with one attached hydrogen (secondary N) is 2. The minimum atomic E-state index is -0.997. The monoisotopic (exact) mass is 468 g/mol. The van der Waals surface area contributed by atoms with Crippen LogP contribution in [0.2, 0.25) is 0 Å². The second kappa shape index (κ2) is 14.5. The van der Waals surface area contributed by atoms with Gasteiger partial charge in [0, 0.05) is 13.1 Å². The maximum Gasteiger partial charge on any atom is 0.318 e. The smallest absolute Gasteiger partial charge is 0.318 e. The van der Waals surface area contributed by atoms with Crippen LogP contribution in [0.5, 0.6) is 0 Å². The van der Waals surface area contributed by atoms with Gasteiger partial charge in [-0.25, -0.2) is 0 Å². The quantitative estimate of drug-likeness (QED) is 0.265. The maximum absolute atomic E-state index is 12.7. The van der Waals surface area contributed by atoms with E-state index in [9.17, 15) is 19.2 Å². The minimum Gasteiger partial charge on any atom is -0.465 e. The summed E-state index contributed by atoms with van der Waals surface area (Å²) in [7, 11) is 0. The first kappa shape index (κ1) is 26.6. The van der Waals surface area contributed by atoms with Crippen LogP contribution < -0.4 is 10.6 Å². The number of carbonyl (C=O) groups excluding carboxylic acids is 4. The number of hydrogen-bond acceptors (Lipinski definition) is 6. The Balaban J connectivity index is 1.91. The molecule has 0 heterocycles. The van der Waals surface area contributed by atoms with Crippen molar-refractivity contribution in [3.05, 3.63) is 71.8 Å². The molecule has 2 atom stereocenters. The van der Waals surface area contributed by atoms with E-state index in [1.807, 2.05) is 60.7 Å². The number of carbonyl (C=O) groups is 4. The van der Waals surface area contributed by atoms with E-state index in [4.69, 9.17) is 9.47 Å². The highest BCUT2D eigenvalue weighted by Crippen LogP contribution is 2.12. The Kier molecular flexibility index (Phi) is 11.3. The Labute approximate surface area is 200 Å². The van der Waals surface area contributed by atoms with Crippen LogP contribution in [0.4, 0.5) is 0 Å². The first-order valence-corrected chi connectivity index (χ1v) is 11.4. The van der Waals surface area contributed by atoms with Crippen LogP contribution >= 0.6 is 0 Å². The zero-order valence-electron chi connectivity index (χ0n) is 19.6. The van der Waals surface area contributed by atoms with E-state index in [1.165, 1.54) is 0 Å². The van der Waals surface area contributed by atoms with E-state index < -0.39 is 35.6 Å². The molecule has 2 unspecified atom stereocenters. The van der Waals surface area contributed by atoms with Gasteiger partial charge in [0.05, 0.1) is 13.2 Å². The summed E-state index contributed by atoms with van der Waals surface area (Å²) in [6.45, 7) is 3.89. The third-order valence-electron chi connectivity index (χ3n) is 5.06. The summed E-state index contributed by atoms with van der Waals surface area (Å²) < 4.78 is 10.1. The molecule has 182 valence electrons. The summed E-state index contributed by atoms with van der Waals surface area (Å²) in [5, 5.41) is 5.34. The Morgan fingerprint density at radius 1 is 0.647 bits per heavy atom. The molecule has 34 heavy (non-hydrogen) atoms. The van der Waals surface area contributed by atoms with Crippen LogP contribution in [0.25, 0.3) is 0 Å². The predicted octanol–water partition coefficient (Wildman–Crippen LogP) is 2.06. The molecule has 0 radical (unpaired) electrons. The van der Waals surface area contributed by atoms with Crippen molar-refractivity contribution in [1.82, 2.24) is 10.6 Å². The first-order valence-electron chi connectivity index (χ1n) is 11.4. The summed E-state index contributed by atoms with van der Waals surface area (Å²) in [6.07, 6.45) is 0.416. The van der Waals surface area contributed by atoms with Crippen molar-refractivity contribution in [2.45, 2.75) is 26.7 Å². The Morgan fingerprint density at radius 3 is 1.32 bits per heavy atom. The molecule has 2 rings (SSSR count). The van der Waals surface area contributed by atoms with Gasteiger partial charge in [0.1, 0.15) is 11.8 Å². The van der Waals surface area contributed by atoms with Gasteiger partial charge in [-0.05, 0) is 37.8 Å². The topological polar surface area (TPSA) is 111 Å². The van der Waals surface area contributed by atoms with Gasteiger partial charge in [0.2, 0.25) is 11.8 Å². The van der Waals surface area contributed by atoms with Crippen molar-refractivity contribution >= 4 is 23.8 Å². The molecular weight excluding hydrogens is 436 g/mol. The molecule has 0 fully saturated rings. The molecule has 0 aliphatic rings. The lowest BCUT2D eigenvalue weighted by molar-refractivity contribution is -0.154. The number of rotatable bonds is 13. The van der Waals surface area contributed by atoms with Crippen molar-refractivity contribution < 1.29 is 28.7 Å². The molecule has 2 aromatic rings.